The molecule has 100 valence electrons. The molecule has 0 fully saturated rings. The van der Waals surface area contributed by atoms with Gasteiger partial charge in [0.1, 0.15) is 12.4 Å². The van der Waals surface area contributed by atoms with E-state index >= 15 is 0 Å². The predicted molar refractivity (Wildman–Crippen MR) is 76.6 cm³/mol. The first-order valence-corrected chi connectivity index (χ1v) is 7.17. The van der Waals surface area contributed by atoms with Crippen molar-refractivity contribution in [1.82, 2.24) is 9.97 Å². The van der Waals surface area contributed by atoms with E-state index in [0.717, 1.165) is 17.9 Å². The van der Waals surface area contributed by atoms with Gasteiger partial charge in [0, 0.05) is 11.8 Å². The SMILES string of the molecule is CCCSc1nc(COc2ccccc2)cc(=O)[nH]1. The zero-order chi connectivity index (χ0) is 13.5. The van der Waals surface area contributed by atoms with Crippen LogP contribution in [-0.2, 0) is 6.61 Å². The molecule has 1 N–H and O–H groups in total. The van der Waals surface area contributed by atoms with E-state index in [1.165, 1.54) is 6.07 Å². The highest BCUT2D eigenvalue weighted by atomic mass is 32.2. The van der Waals surface area contributed by atoms with Gasteiger partial charge in [0.05, 0.1) is 5.69 Å². The number of nitrogens with one attached hydrogen (secondary N) is 1. The number of aromatic nitrogens is 2. The Morgan fingerprint density at radius 3 is 2.84 bits per heavy atom. The molecular weight excluding hydrogens is 260 g/mol. The Bertz CT molecular complexity index is 569. The summed E-state index contributed by atoms with van der Waals surface area (Å²) in [5.74, 6) is 1.71. The number of rotatable bonds is 6. The van der Waals surface area contributed by atoms with Crippen molar-refractivity contribution in [3.05, 3.63) is 52.4 Å². The molecule has 0 saturated heterocycles. The van der Waals surface area contributed by atoms with Crippen molar-refractivity contribution in [1.29, 1.82) is 0 Å². The summed E-state index contributed by atoms with van der Waals surface area (Å²) in [6.45, 7) is 2.39. The fraction of sp³-hybridized carbons (Fsp3) is 0.286. The molecular formula is C14H16N2O2S. The van der Waals surface area contributed by atoms with Gasteiger partial charge in [0.15, 0.2) is 5.16 Å². The number of ether oxygens (including phenoxy) is 1. The molecule has 0 amide bonds. The molecule has 0 radical (unpaired) electrons. The van der Waals surface area contributed by atoms with Crippen LogP contribution in [0.2, 0.25) is 0 Å². The molecule has 0 bridgehead atoms. The van der Waals surface area contributed by atoms with Gasteiger partial charge in [0.25, 0.3) is 5.56 Å². The summed E-state index contributed by atoms with van der Waals surface area (Å²) in [5, 5.41) is 0.654. The topological polar surface area (TPSA) is 55.0 Å². The minimum absolute atomic E-state index is 0.139. The fourth-order valence-electron chi connectivity index (χ4n) is 1.50. The third-order valence-corrected chi connectivity index (χ3v) is 3.42. The van der Waals surface area contributed by atoms with E-state index in [4.69, 9.17) is 4.74 Å². The Morgan fingerprint density at radius 1 is 1.32 bits per heavy atom. The summed E-state index contributed by atoms with van der Waals surface area (Å²) in [5.41, 5.74) is 0.506. The first-order valence-electron chi connectivity index (χ1n) is 6.19. The minimum atomic E-state index is -0.139. The average Bonchev–Trinajstić information content (AvgIpc) is 2.43. The van der Waals surface area contributed by atoms with Crippen molar-refractivity contribution >= 4 is 11.8 Å². The molecule has 2 rings (SSSR count). The second kappa shape index (κ2) is 6.99. The van der Waals surface area contributed by atoms with E-state index in [0.29, 0.717) is 17.5 Å². The van der Waals surface area contributed by atoms with Crippen molar-refractivity contribution in [3.63, 3.8) is 0 Å². The first-order chi connectivity index (χ1) is 9.28. The molecule has 4 nitrogen and oxygen atoms in total. The lowest BCUT2D eigenvalue weighted by atomic mass is 10.3. The summed E-state index contributed by atoms with van der Waals surface area (Å²) in [6.07, 6.45) is 1.04. The molecule has 0 aliphatic carbocycles. The van der Waals surface area contributed by atoms with Crippen LogP contribution in [0.15, 0.2) is 46.3 Å². The van der Waals surface area contributed by atoms with Crippen LogP contribution in [0.4, 0.5) is 0 Å². The molecule has 1 heterocycles. The molecule has 19 heavy (non-hydrogen) atoms. The third-order valence-electron chi connectivity index (χ3n) is 2.35. The van der Waals surface area contributed by atoms with E-state index in [1.54, 1.807) is 11.8 Å². The van der Waals surface area contributed by atoms with E-state index < -0.39 is 0 Å². The van der Waals surface area contributed by atoms with Gasteiger partial charge in [0.2, 0.25) is 0 Å². The maximum absolute atomic E-state index is 11.5. The van der Waals surface area contributed by atoms with Gasteiger partial charge < -0.3 is 9.72 Å². The van der Waals surface area contributed by atoms with Gasteiger partial charge in [-0.3, -0.25) is 4.79 Å². The van der Waals surface area contributed by atoms with E-state index in [2.05, 4.69) is 16.9 Å². The largest absolute Gasteiger partial charge is 0.487 e. The van der Waals surface area contributed by atoms with Crippen LogP contribution in [0.5, 0.6) is 5.75 Å². The molecule has 2 aromatic rings. The van der Waals surface area contributed by atoms with Crippen LogP contribution in [0.3, 0.4) is 0 Å². The summed E-state index contributed by atoms with van der Waals surface area (Å²) in [7, 11) is 0. The number of H-pyrrole nitrogens is 1. The molecule has 0 unspecified atom stereocenters. The third kappa shape index (κ3) is 4.44. The summed E-state index contributed by atoms with van der Waals surface area (Å²) in [4.78, 5) is 18.6. The Hall–Kier alpha value is -1.75. The molecule has 1 aromatic heterocycles. The molecule has 5 heteroatoms. The Kier molecular flexibility index (Phi) is 5.03. The molecule has 0 atom stereocenters. The van der Waals surface area contributed by atoms with Gasteiger partial charge in [-0.1, -0.05) is 36.9 Å². The highest BCUT2D eigenvalue weighted by Gasteiger charge is 2.03. The lowest BCUT2D eigenvalue weighted by Crippen LogP contribution is -2.11. The number of nitrogens with zero attached hydrogens (tertiary/aromatic N) is 1. The standard InChI is InChI=1S/C14H16N2O2S/c1-2-8-19-14-15-11(9-13(17)16-14)10-18-12-6-4-3-5-7-12/h3-7,9H,2,8,10H2,1H3,(H,15,16,17). The molecule has 0 aliphatic rings. The zero-order valence-corrected chi connectivity index (χ0v) is 11.6. The smallest absolute Gasteiger partial charge is 0.251 e. The molecule has 0 spiro atoms. The van der Waals surface area contributed by atoms with Crippen LogP contribution in [0.1, 0.15) is 19.0 Å². The Morgan fingerprint density at radius 2 is 2.11 bits per heavy atom. The van der Waals surface area contributed by atoms with Crippen LogP contribution in [-0.4, -0.2) is 15.7 Å². The first kappa shape index (κ1) is 13.7. The predicted octanol–water partition coefficient (Wildman–Crippen LogP) is 2.85. The number of thioether (sulfide) groups is 1. The summed E-state index contributed by atoms with van der Waals surface area (Å²) < 4.78 is 5.58. The van der Waals surface area contributed by atoms with Crippen molar-refractivity contribution in [2.75, 3.05) is 5.75 Å². The quantitative estimate of drug-likeness (QED) is 0.651. The second-order valence-corrected chi connectivity index (χ2v) is 5.08. The Balaban J connectivity index is 2.03. The molecule has 0 saturated carbocycles. The summed E-state index contributed by atoms with van der Waals surface area (Å²) in [6, 6.07) is 11.0. The fourth-order valence-corrected chi connectivity index (χ4v) is 2.25. The lowest BCUT2D eigenvalue weighted by Gasteiger charge is -2.06. The number of para-hydroxylation sites is 1. The van der Waals surface area contributed by atoms with Gasteiger partial charge in [-0.2, -0.15) is 0 Å². The zero-order valence-electron chi connectivity index (χ0n) is 10.8. The minimum Gasteiger partial charge on any atom is -0.487 e. The van der Waals surface area contributed by atoms with Gasteiger partial charge in [-0.25, -0.2) is 4.98 Å². The average molecular weight is 276 g/mol. The highest BCUT2D eigenvalue weighted by molar-refractivity contribution is 7.99. The number of hydrogen-bond donors (Lipinski definition) is 1. The number of aromatic amines is 1. The number of benzene rings is 1. The molecule has 0 aliphatic heterocycles. The van der Waals surface area contributed by atoms with Crippen LogP contribution >= 0.6 is 11.8 Å². The summed E-state index contributed by atoms with van der Waals surface area (Å²) >= 11 is 1.55. The van der Waals surface area contributed by atoms with Gasteiger partial charge >= 0.3 is 0 Å². The van der Waals surface area contributed by atoms with Crippen molar-refractivity contribution < 1.29 is 4.74 Å². The highest BCUT2D eigenvalue weighted by Crippen LogP contribution is 2.14. The van der Waals surface area contributed by atoms with Crippen molar-refractivity contribution in [2.45, 2.75) is 25.1 Å². The van der Waals surface area contributed by atoms with E-state index in [1.807, 2.05) is 30.3 Å². The van der Waals surface area contributed by atoms with Crippen molar-refractivity contribution in [2.24, 2.45) is 0 Å². The second-order valence-electron chi connectivity index (χ2n) is 3.99. The van der Waals surface area contributed by atoms with E-state index in [-0.39, 0.29) is 5.56 Å². The normalized spacial score (nSPS) is 10.4. The van der Waals surface area contributed by atoms with Gasteiger partial charge in [-0.05, 0) is 18.6 Å². The van der Waals surface area contributed by atoms with Crippen molar-refractivity contribution in [3.8, 4) is 5.75 Å². The lowest BCUT2D eigenvalue weighted by molar-refractivity contribution is 0.299. The maximum Gasteiger partial charge on any atom is 0.251 e. The van der Waals surface area contributed by atoms with Crippen LogP contribution < -0.4 is 10.3 Å². The van der Waals surface area contributed by atoms with E-state index in [9.17, 15) is 4.79 Å². The van der Waals surface area contributed by atoms with Crippen LogP contribution in [0, 0.1) is 0 Å². The Labute approximate surface area is 116 Å². The monoisotopic (exact) mass is 276 g/mol. The molecule has 1 aromatic carbocycles. The maximum atomic E-state index is 11.5. The van der Waals surface area contributed by atoms with Crippen LogP contribution in [0.25, 0.3) is 0 Å². The number of hydrogen-bond acceptors (Lipinski definition) is 4. The van der Waals surface area contributed by atoms with Gasteiger partial charge in [-0.15, -0.1) is 0 Å².